The molecule has 1 amide bonds. The fourth-order valence-electron chi connectivity index (χ4n) is 1.76. The van der Waals surface area contributed by atoms with Gasteiger partial charge in [0.2, 0.25) is 5.91 Å². The van der Waals surface area contributed by atoms with E-state index in [1.165, 1.54) is 12.8 Å². The number of benzene rings is 1. The summed E-state index contributed by atoms with van der Waals surface area (Å²) in [5.41, 5.74) is 4.74. The zero-order chi connectivity index (χ0) is 15.5. The summed E-state index contributed by atoms with van der Waals surface area (Å²) in [6.45, 7) is 0.957. The fourth-order valence-corrected chi connectivity index (χ4v) is 1.76. The Morgan fingerprint density at radius 1 is 1.38 bits per heavy atom. The summed E-state index contributed by atoms with van der Waals surface area (Å²) >= 11 is 0. The van der Waals surface area contributed by atoms with Crippen LogP contribution in [0.3, 0.4) is 0 Å². The van der Waals surface area contributed by atoms with Crippen LogP contribution in [-0.2, 0) is 15.7 Å². The number of amides is 1. The highest BCUT2D eigenvalue weighted by atomic mass is 19.4. The zero-order valence-corrected chi connectivity index (χ0v) is 11.4. The first-order chi connectivity index (χ1) is 9.86. The summed E-state index contributed by atoms with van der Waals surface area (Å²) in [5, 5.41) is 2.48. The van der Waals surface area contributed by atoms with Gasteiger partial charge in [-0.1, -0.05) is 0 Å². The number of hydrogen-bond acceptors (Lipinski definition) is 3. The molecule has 1 aromatic carbocycles. The minimum Gasteiger partial charge on any atom is -0.397 e. The van der Waals surface area contributed by atoms with Gasteiger partial charge in [-0.2, -0.15) is 13.2 Å². The lowest BCUT2D eigenvalue weighted by molar-refractivity contribution is -0.137. The second-order valence-corrected chi connectivity index (χ2v) is 5.12. The number of nitrogen functional groups attached to an aromatic ring is 1. The highest BCUT2D eigenvalue weighted by Crippen LogP contribution is 2.32. The van der Waals surface area contributed by atoms with Crippen molar-refractivity contribution in [1.29, 1.82) is 0 Å². The molecular formula is C14H17F3N2O2. The normalized spacial score (nSPS) is 15.0. The Bertz CT molecular complexity index is 513. The first-order valence-corrected chi connectivity index (χ1v) is 6.70. The molecule has 3 N–H and O–H groups in total. The van der Waals surface area contributed by atoms with E-state index in [0.29, 0.717) is 19.1 Å². The SMILES string of the molecule is Nc1cc(C(F)(F)F)ccc1NC(=O)CCOCC1CC1. The van der Waals surface area contributed by atoms with Gasteiger partial charge in [0, 0.05) is 6.61 Å². The molecule has 0 spiro atoms. The van der Waals surface area contributed by atoms with Crippen LogP contribution in [0.1, 0.15) is 24.8 Å². The number of nitrogens with two attached hydrogens (primary N) is 1. The van der Waals surface area contributed by atoms with Gasteiger partial charge in [-0.15, -0.1) is 0 Å². The average Bonchev–Trinajstić information content (AvgIpc) is 3.20. The lowest BCUT2D eigenvalue weighted by atomic mass is 10.1. The van der Waals surface area contributed by atoms with E-state index in [9.17, 15) is 18.0 Å². The first-order valence-electron chi connectivity index (χ1n) is 6.70. The van der Waals surface area contributed by atoms with Crippen molar-refractivity contribution in [2.24, 2.45) is 5.92 Å². The molecule has 0 aliphatic heterocycles. The highest BCUT2D eigenvalue weighted by Gasteiger charge is 2.30. The summed E-state index contributed by atoms with van der Waals surface area (Å²) in [7, 11) is 0. The van der Waals surface area contributed by atoms with E-state index in [4.69, 9.17) is 10.5 Å². The van der Waals surface area contributed by atoms with Gasteiger partial charge in [0.25, 0.3) is 0 Å². The Morgan fingerprint density at radius 3 is 2.67 bits per heavy atom. The third kappa shape index (κ3) is 4.93. The van der Waals surface area contributed by atoms with Crippen molar-refractivity contribution in [2.45, 2.75) is 25.4 Å². The van der Waals surface area contributed by atoms with E-state index in [2.05, 4.69) is 5.32 Å². The highest BCUT2D eigenvalue weighted by molar-refractivity contribution is 5.93. The van der Waals surface area contributed by atoms with Crippen molar-refractivity contribution in [2.75, 3.05) is 24.3 Å². The summed E-state index contributed by atoms with van der Waals surface area (Å²) in [6.07, 6.45) is -1.96. The molecule has 7 heteroatoms. The molecule has 0 saturated heterocycles. The number of nitrogens with one attached hydrogen (secondary N) is 1. The van der Waals surface area contributed by atoms with E-state index in [-0.39, 0.29) is 23.7 Å². The molecular weight excluding hydrogens is 285 g/mol. The summed E-state index contributed by atoms with van der Waals surface area (Å²) in [5.74, 6) is 0.288. The molecule has 4 nitrogen and oxygen atoms in total. The molecule has 2 rings (SSSR count). The van der Waals surface area contributed by atoms with Crippen LogP contribution in [0.2, 0.25) is 0 Å². The molecule has 0 aromatic heterocycles. The van der Waals surface area contributed by atoms with Crippen LogP contribution in [0.4, 0.5) is 24.5 Å². The van der Waals surface area contributed by atoms with Gasteiger partial charge in [-0.05, 0) is 37.0 Å². The quantitative estimate of drug-likeness (QED) is 0.627. The maximum atomic E-state index is 12.5. The number of ether oxygens (including phenoxy) is 1. The number of anilines is 2. The third-order valence-electron chi connectivity index (χ3n) is 3.18. The predicted octanol–water partition coefficient (Wildman–Crippen LogP) is 3.04. The molecule has 1 aliphatic carbocycles. The summed E-state index contributed by atoms with van der Waals surface area (Å²) in [4.78, 5) is 11.6. The van der Waals surface area contributed by atoms with Crippen LogP contribution in [0.15, 0.2) is 18.2 Å². The van der Waals surface area contributed by atoms with Gasteiger partial charge in [0.15, 0.2) is 0 Å². The van der Waals surface area contributed by atoms with Crippen molar-refractivity contribution in [3.8, 4) is 0 Å². The zero-order valence-electron chi connectivity index (χ0n) is 11.4. The van der Waals surface area contributed by atoms with Crippen molar-refractivity contribution in [3.05, 3.63) is 23.8 Å². The lowest BCUT2D eigenvalue weighted by Gasteiger charge is -2.12. The van der Waals surface area contributed by atoms with Crippen LogP contribution < -0.4 is 11.1 Å². The van der Waals surface area contributed by atoms with Gasteiger partial charge in [0.1, 0.15) is 0 Å². The maximum absolute atomic E-state index is 12.5. The minimum atomic E-state index is -4.45. The molecule has 21 heavy (non-hydrogen) atoms. The van der Waals surface area contributed by atoms with Gasteiger partial charge in [-0.25, -0.2) is 0 Å². The van der Waals surface area contributed by atoms with E-state index in [0.717, 1.165) is 18.2 Å². The number of hydrogen-bond donors (Lipinski definition) is 2. The topological polar surface area (TPSA) is 64.3 Å². The summed E-state index contributed by atoms with van der Waals surface area (Å²) in [6, 6.07) is 2.84. The third-order valence-corrected chi connectivity index (χ3v) is 3.18. The van der Waals surface area contributed by atoms with Crippen LogP contribution in [-0.4, -0.2) is 19.1 Å². The molecule has 116 valence electrons. The Hall–Kier alpha value is -1.76. The van der Waals surface area contributed by atoms with Crippen molar-refractivity contribution in [1.82, 2.24) is 0 Å². The van der Waals surface area contributed by atoms with Crippen LogP contribution in [0.25, 0.3) is 0 Å². The molecule has 0 unspecified atom stereocenters. The monoisotopic (exact) mass is 302 g/mol. The molecule has 1 aromatic rings. The molecule has 0 atom stereocenters. The average molecular weight is 302 g/mol. The van der Waals surface area contributed by atoms with E-state index < -0.39 is 11.7 Å². The molecule has 0 radical (unpaired) electrons. The largest absolute Gasteiger partial charge is 0.416 e. The number of carbonyl (C=O) groups excluding carboxylic acids is 1. The lowest BCUT2D eigenvalue weighted by Crippen LogP contribution is -2.16. The van der Waals surface area contributed by atoms with E-state index >= 15 is 0 Å². The molecule has 1 aliphatic rings. The molecule has 0 bridgehead atoms. The van der Waals surface area contributed by atoms with E-state index in [1.54, 1.807) is 0 Å². The number of halogens is 3. The summed E-state index contributed by atoms with van der Waals surface area (Å²) < 4.78 is 42.8. The Morgan fingerprint density at radius 2 is 2.10 bits per heavy atom. The van der Waals surface area contributed by atoms with Crippen LogP contribution in [0, 0.1) is 5.92 Å². The Labute approximate surface area is 120 Å². The Balaban J connectivity index is 1.82. The first kappa shape index (κ1) is 15.6. The molecule has 1 fully saturated rings. The predicted molar refractivity (Wildman–Crippen MR) is 72.6 cm³/mol. The smallest absolute Gasteiger partial charge is 0.397 e. The van der Waals surface area contributed by atoms with Gasteiger partial charge >= 0.3 is 6.18 Å². The second kappa shape index (κ2) is 6.34. The molecule has 0 heterocycles. The second-order valence-electron chi connectivity index (χ2n) is 5.12. The Kier molecular flexibility index (Phi) is 4.72. The molecule has 1 saturated carbocycles. The van der Waals surface area contributed by atoms with Gasteiger partial charge < -0.3 is 15.8 Å². The van der Waals surface area contributed by atoms with Crippen LogP contribution >= 0.6 is 0 Å². The minimum absolute atomic E-state index is 0.114. The van der Waals surface area contributed by atoms with Crippen LogP contribution in [0.5, 0.6) is 0 Å². The maximum Gasteiger partial charge on any atom is 0.416 e. The van der Waals surface area contributed by atoms with Gasteiger partial charge in [-0.3, -0.25) is 4.79 Å². The fraction of sp³-hybridized carbons (Fsp3) is 0.500. The van der Waals surface area contributed by atoms with E-state index in [1.807, 2.05) is 0 Å². The van der Waals surface area contributed by atoms with Crippen molar-refractivity contribution < 1.29 is 22.7 Å². The van der Waals surface area contributed by atoms with Crippen molar-refractivity contribution in [3.63, 3.8) is 0 Å². The number of carbonyl (C=O) groups is 1. The number of rotatable bonds is 6. The standard InChI is InChI=1S/C14H17F3N2O2/c15-14(16,17)10-3-4-12(11(18)7-10)19-13(20)5-6-21-8-9-1-2-9/h3-4,7,9H,1-2,5-6,8,18H2,(H,19,20). The van der Waals surface area contributed by atoms with Crippen molar-refractivity contribution >= 4 is 17.3 Å². The van der Waals surface area contributed by atoms with Gasteiger partial charge in [0.05, 0.1) is 30.0 Å². The number of alkyl halides is 3.